The van der Waals surface area contributed by atoms with Crippen molar-refractivity contribution in [2.75, 3.05) is 24.6 Å². The van der Waals surface area contributed by atoms with Crippen LogP contribution >= 0.6 is 0 Å². The Morgan fingerprint density at radius 3 is 2.60 bits per heavy atom. The molecule has 1 aliphatic rings. The minimum atomic E-state index is -4.66. The van der Waals surface area contributed by atoms with Gasteiger partial charge in [0.25, 0.3) is 11.7 Å². The summed E-state index contributed by atoms with van der Waals surface area (Å²) < 4.78 is 44.9. The third-order valence-electron chi connectivity index (χ3n) is 5.02. The van der Waals surface area contributed by atoms with Crippen LogP contribution in [-0.2, 0) is 20.5 Å². The summed E-state index contributed by atoms with van der Waals surface area (Å²) >= 11 is 0. The fraction of sp³-hybridized carbons (Fsp3) is 0.611. The molecule has 0 saturated carbocycles. The van der Waals surface area contributed by atoms with Gasteiger partial charge in [-0.05, 0) is 38.3 Å². The molecule has 0 radical (unpaired) electrons. The van der Waals surface area contributed by atoms with Crippen LogP contribution < -0.4 is 10.2 Å². The summed E-state index contributed by atoms with van der Waals surface area (Å²) in [6.07, 6.45) is -3.00. The summed E-state index contributed by atoms with van der Waals surface area (Å²) in [5.74, 6) is -2.01. The predicted molar refractivity (Wildman–Crippen MR) is 99.6 cm³/mol. The Morgan fingerprint density at radius 2 is 1.97 bits per heavy atom. The van der Waals surface area contributed by atoms with Gasteiger partial charge < -0.3 is 15.0 Å². The highest BCUT2D eigenvalue weighted by atomic mass is 19.4. The van der Waals surface area contributed by atoms with Gasteiger partial charge in [-0.25, -0.2) is 0 Å². The Balaban J connectivity index is 1.56. The number of carbonyl (C=O) groups excluding carboxylic acids is 2. The molecule has 1 fully saturated rings. The zero-order valence-corrected chi connectivity index (χ0v) is 16.6. The number of piperidine rings is 1. The number of hydrogen-bond donors (Lipinski definition) is 1. The third kappa shape index (κ3) is 4.97. The first kappa shape index (κ1) is 21.8. The lowest BCUT2D eigenvalue weighted by Gasteiger charge is -2.31. The van der Waals surface area contributed by atoms with Gasteiger partial charge in [0.05, 0.1) is 5.92 Å². The molecule has 3 heterocycles. The van der Waals surface area contributed by atoms with Crippen molar-refractivity contribution in [1.82, 2.24) is 25.1 Å². The van der Waals surface area contributed by atoms with Crippen LogP contribution in [0.1, 0.15) is 38.9 Å². The molecular formula is C18H23F3N6O3. The van der Waals surface area contributed by atoms with Gasteiger partial charge in [0, 0.05) is 19.1 Å². The summed E-state index contributed by atoms with van der Waals surface area (Å²) in [6, 6.07) is 3.00. The van der Waals surface area contributed by atoms with Gasteiger partial charge >= 0.3 is 12.1 Å². The highest BCUT2D eigenvalue weighted by Crippen LogP contribution is 2.28. The quantitative estimate of drug-likeness (QED) is 0.701. The first-order valence-electron chi connectivity index (χ1n) is 9.69. The van der Waals surface area contributed by atoms with E-state index in [0.29, 0.717) is 36.3 Å². The molecule has 2 aromatic heterocycles. The number of anilines is 1. The lowest BCUT2D eigenvalue weighted by atomic mass is 9.97. The summed E-state index contributed by atoms with van der Waals surface area (Å²) in [4.78, 5) is 25.7. The van der Waals surface area contributed by atoms with Gasteiger partial charge in [-0.3, -0.25) is 9.59 Å². The number of carbonyl (C=O) groups is 2. The van der Waals surface area contributed by atoms with Gasteiger partial charge in [-0.15, -0.1) is 15.3 Å². The average molecular weight is 428 g/mol. The van der Waals surface area contributed by atoms with Crippen molar-refractivity contribution >= 4 is 23.3 Å². The Labute approximate surface area is 170 Å². The fourth-order valence-electron chi connectivity index (χ4n) is 3.14. The number of ether oxygens (including phenoxy) is 1. The predicted octanol–water partition coefficient (Wildman–Crippen LogP) is 1.82. The van der Waals surface area contributed by atoms with E-state index in [0.717, 1.165) is 6.42 Å². The first-order valence-corrected chi connectivity index (χ1v) is 9.69. The topological polar surface area (TPSA) is 102 Å². The zero-order valence-electron chi connectivity index (χ0n) is 16.6. The molecule has 0 aliphatic carbocycles. The van der Waals surface area contributed by atoms with Crippen molar-refractivity contribution in [1.29, 1.82) is 0 Å². The summed E-state index contributed by atoms with van der Waals surface area (Å²) in [7, 11) is 0. The van der Waals surface area contributed by atoms with Crippen molar-refractivity contribution in [3.05, 3.63) is 18.0 Å². The van der Waals surface area contributed by atoms with Crippen LogP contribution in [0.25, 0.3) is 5.65 Å². The van der Waals surface area contributed by atoms with Crippen LogP contribution in [0.2, 0.25) is 0 Å². The molecule has 1 aliphatic heterocycles. The Bertz CT molecular complexity index is 908. The van der Waals surface area contributed by atoms with E-state index in [1.54, 1.807) is 11.0 Å². The van der Waals surface area contributed by atoms with Gasteiger partial charge in [-0.2, -0.15) is 17.7 Å². The van der Waals surface area contributed by atoms with Crippen LogP contribution in [-0.4, -0.2) is 57.4 Å². The molecule has 1 atom stereocenters. The highest BCUT2D eigenvalue weighted by Gasteiger charge is 2.38. The van der Waals surface area contributed by atoms with Crippen LogP contribution in [0, 0.1) is 5.92 Å². The number of halogens is 3. The molecule has 164 valence electrons. The van der Waals surface area contributed by atoms with Crippen LogP contribution in [0.5, 0.6) is 0 Å². The number of esters is 1. The minimum absolute atomic E-state index is 0.000191. The van der Waals surface area contributed by atoms with Crippen molar-refractivity contribution < 1.29 is 27.5 Å². The van der Waals surface area contributed by atoms with Crippen molar-refractivity contribution in [2.45, 2.75) is 45.3 Å². The standard InChI is InChI=1S/C18H23F3N6O3/c1-3-11(2)22-15(28)10-30-16(29)12-6-8-26(9-7-12)14-5-4-13-23-24-17(18(19,20)21)27(13)25-14/h4-5,11-12H,3,6-10H2,1-2H3,(H,22,28). The van der Waals surface area contributed by atoms with E-state index in [1.165, 1.54) is 6.07 Å². The summed E-state index contributed by atoms with van der Waals surface area (Å²) in [6.45, 7) is 4.31. The van der Waals surface area contributed by atoms with Crippen molar-refractivity contribution in [3.63, 3.8) is 0 Å². The third-order valence-corrected chi connectivity index (χ3v) is 5.02. The van der Waals surface area contributed by atoms with E-state index >= 15 is 0 Å². The highest BCUT2D eigenvalue weighted by molar-refractivity contribution is 5.81. The monoisotopic (exact) mass is 428 g/mol. The maximum absolute atomic E-state index is 13.0. The molecule has 2 aromatic rings. The van der Waals surface area contributed by atoms with Gasteiger partial charge in [0.2, 0.25) is 0 Å². The lowest BCUT2D eigenvalue weighted by Crippen LogP contribution is -2.39. The molecule has 30 heavy (non-hydrogen) atoms. The smallest absolute Gasteiger partial charge is 0.453 e. The van der Waals surface area contributed by atoms with Gasteiger partial charge in [-0.1, -0.05) is 6.92 Å². The maximum atomic E-state index is 13.0. The van der Waals surface area contributed by atoms with E-state index in [2.05, 4.69) is 20.6 Å². The summed E-state index contributed by atoms with van der Waals surface area (Å²) in [5.41, 5.74) is 0.000191. The lowest BCUT2D eigenvalue weighted by molar-refractivity contribution is -0.153. The van der Waals surface area contributed by atoms with Gasteiger partial charge in [0.15, 0.2) is 12.3 Å². The van der Waals surface area contributed by atoms with Crippen molar-refractivity contribution in [3.8, 4) is 0 Å². The zero-order chi connectivity index (χ0) is 21.9. The molecule has 0 aromatic carbocycles. The SMILES string of the molecule is CCC(C)NC(=O)COC(=O)C1CCN(c2ccc3nnc(C(F)(F)F)n3n2)CC1. The number of nitrogens with one attached hydrogen (secondary N) is 1. The Hall–Kier alpha value is -2.92. The second-order valence-corrected chi connectivity index (χ2v) is 7.23. The molecule has 0 spiro atoms. The average Bonchev–Trinajstić information content (AvgIpc) is 3.15. The normalized spacial score (nSPS) is 16.5. The maximum Gasteiger partial charge on any atom is 0.453 e. The van der Waals surface area contributed by atoms with Crippen LogP contribution in [0.4, 0.5) is 19.0 Å². The molecule has 9 nitrogen and oxygen atoms in total. The number of rotatable bonds is 6. The van der Waals surface area contributed by atoms with E-state index in [1.807, 2.05) is 13.8 Å². The van der Waals surface area contributed by atoms with Crippen LogP contribution in [0.15, 0.2) is 12.1 Å². The molecule has 3 rings (SSSR count). The minimum Gasteiger partial charge on any atom is -0.455 e. The molecule has 1 saturated heterocycles. The van der Waals surface area contributed by atoms with Crippen LogP contribution in [0.3, 0.4) is 0 Å². The molecule has 12 heteroatoms. The fourth-order valence-corrected chi connectivity index (χ4v) is 3.14. The molecule has 1 unspecified atom stereocenters. The summed E-state index contributed by atoms with van der Waals surface area (Å²) in [5, 5.41) is 13.4. The molecule has 0 bridgehead atoms. The Kier molecular flexibility index (Phi) is 6.42. The van der Waals surface area contributed by atoms with Gasteiger partial charge in [0.1, 0.15) is 5.82 Å². The molecule has 1 amide bonds. The first-order chi connectivity index (χ1) is 14.2. The second-order valence-electron chi connectivity index (χ2n) is 7.23. The van der Waals surface area contributed by atoms with E-state index in [9.17, 15) is 22.8 Å². The second kappa shape index (κ2) is 8.84. The number of amides is 1. The van der Waals surface area contributed by atoms with E-state index < -0.39 is 18.0 Å². The Morgan fingerprint density at radius 1 is 1.27 bits per heavy atom. The molecular weight excluding hydrogens is 405 g/mol. The van der Waals surface area contributed by atoms with E-state index in [-0.39, 0.29) is 30.1 Å². The number of alkyl halides is 3. The number of aromatic nitrogens is 4. The van der Waals surface area contributed by atoms with Crippen molar-refractivity contribution in [2.24, 2.45) is 5.92 Å². The number of nitrogens with zero attached hydrogens (tertiary/aromatic N) is 5. The number of fused-ring (bicyclic) bond motifs is 1. The number of hydrogen-bond acceptors (Lipinski definition) is 7. The largest absolute Gasteiger partial charge is 0.455 e. The van der Waals surface area contributed by atoms with E-state index in [4.69, 9.17) is 4.74 Å². The molecule has 1 N–H and O–H groups in total.